The predicted molar refractivity (Wildman–Crippen MR) is 66.4 cm³/mol. The highest BCUT2D eigenvalue weighted by atomic mass is 19.1. The maximum Gasteiger partial charge on any atom is 0.151 e. The lowest BCUT2D eigenvalue weighted by molar-refractivity contribution is 0.172. The number of hydrogen-bond donors (Lipinski definition) is 0. The van der Waals surface area contributed by atoms with Crippen LogP contribution in [-0.4, -0.2) is 41.7 Å². The van der Waals surface area contributed by atoms with E-state index in [1.54, 1.807) is 0 Å². The molecule has 0 spiro atoms. The van der Waals surface area contributed by atoms with Gasteiger partial charge < -0.3 is 9.64 Å². The van der Waals surface area contributed by atoms with Gasteiger partial charge >= 0.3 is 0 Å². The van der Waals surface area contributed by atoms with Gasteiger partial charge in [0.1, 0.15) is 6.17 Å². The summed E-state index contributed by atoms with van der Waals surface area (Å²) in [5, 5.41) is 8.30. The molecule has 1 saturated heterocycles. The van der Waals surface area contributed by atoms with Gasteiger partial charge in [-0.05, 0) is 38.3 Å². The van der Waals surface area contributed by atoms with E-state index in [-0.39, 0.29) is 12.6 Å². The smallest absolute Gasteiger partial charge is 0.151 e. The molecule has 2 atom stereocenters. The van der Waals surface area contributed by atoms with Crippen LogP contribution in [0.15, 0.2) is 12.1 Å². The fraction of sp³-hybridized carbons (Fsp3) is 0.692. The molecule has 0 amide bonds. The highest BCUT2D eigenvalue weighted by molar-refractivity contribution is 5.42. The van der Waals surface area contributed by atoms with Crippen molar-refractivity contribution in [2.45, 2.75) is 44.4 Å². The number of aromatic nitrogens is 2. The fourth-order valence-corrected chi connectivity index (χ4v) is 2.59. The van der Waals surface area contributed by atoms with E-state index in [9.17, 15) is 4.39 Å². The highest BCUT2D eigenvalue weighted by Crippen LogP contribution is 2.33. The van der Waals surface area contributed by atoms with Gasteiger partial charge in [0.25, 0.3) is 0 Å². The number of hydrogen-bond acceptors (Lipinski definition) is 4. The number of aryl methyl sites for hydroxylation is 1. The molecule has 2 heterocycles. The Morgan fingerprint density at radius 2 is 2.11 bits per heavy atom. The van der Waals surface area contributed by atoms with Gasteiger partial charge in [-0.15, -0.1) is 5.10 Å². The van der Waals surface area contributed by atoms with Gasteiger partial charge in [-0.2, -0.15) is 5.10 Å². The molecule has 0 N–H and O–H groups in total. The lowest BCUT2D eigenvalue weighted by Crippen LogP contribution is -2.51. The summed E-state index contributed by atoms with van der Waals surface area (Å²) >= 11 is 0. The zero-order chi connectivity index (χ0) is 12.5. The van der Waals surface area contributed by atoms with Crippen LogP contribution >= 0.6 is 0 Å². The number of nitrogens with zero attached hydrogens (tertiary/aromatic N) is 3. The number of rotatable bonds is 3. The summed E-state index contributed by atoms with van der Waals surface area (Å²) in [4.78, 5) is 2.09. The van der Waals surface area contributed by atoms with Gasteiger partial charge in [0.2, 0.25) is 0 Å². The monoisotopic (exact) mass is 251 g/mol. The average Bonchev–Trinajstić information content (AvgIpc) is 2.71. The standard InChI is InChI=1S/C13H18FN3O/c1-9-5-6-13(16-15-9)17(10-3-2-4-10)12-8-18-7-11(12)14/h5-6,10-12H,2-4,7-8H2,1H3. The molecule has 4 nitrogen and oxygen atoms in total. The van der Waals surface area contributed by atoms with Crippen LogP contribution in [0.3, 0.4) is 0 Å². The molecule has 1 aromatic rings. The van der Waals surface area contributed by atoms with Crippen molar-refractivity contribution >= 4 is 5.82 Å². The van der Waals surface area contributed by atoms with Crippen LogP contribution in [0.2, 0.25) is 0 Å². The maximum atomic E-state index is 13.9. The summed E-state index contributed by atoms with van der Waals surface area (Å²) in [6.45, 7) is 2.56. The van der Waals surface area contributed by atoms with E-state index in [0.717, 1.165) is 24.4 Å². The van der Waals surface area contributed by atoms with Crippen molar-refractivity contribution in [3.05, 3.63) is 17.8 Å². The molecule has 0 bridgehead atoms. The maximum absolute atomic E-state index is 13.9. The Morgan fingerprint density at radius 3 is 2.61 bits per heavy atom. The first kappa shape index (κ1) is 11.8. The Hall–Kier alpha value is -1.23. The van der Waals surface area contributed by atoms with Gasteiger partial charge in [0.15, 0.2) is 5.82 Å². The third-order valence-electron chi connectivity index (χ3n) is 3.86. The first-order valence-electron chi connectivity index (χ1n) is 6.56. The minimum Gasteiger partial charge on any atom is -0.376 e. The first-order chi connectivity index (χ1) is 8.75. The minimum absolute atomic E-state index is 0.202. The van der Waals surface area contributed by atoms with Crippen LogP contribution in [0.25, 0.3) is 0 Å². The third kappa shape index (κ3) is 2.07. The Kier molecular flexibility index (Phi) is 3.16. The van der Waals surface area contributed by atoms with Crippen LogP contribution in [0, 0.1) is 6.92 Å². The molecular weight excluding hydrogens is 233 g/mol. The largest absolute Gasteiger partial charge is 0.376 e. The first-order valence-corrected chi connectivity index (χ1v) is 6.56. The second-order valence-electron chi connectivity index (χ2n) is 5.15. The zero-order valence-electron chi connectivity index (χ0n) is 10.6. The quantitative estimate of drug-likeness (QED) is 0.822. The van der Waals surface area contributed by atoms with E-state index < -0.39 is 6.17 Å². The highest BCUT2D eigenvalue weighted by Gasteiger charge is 2.39. The summed E-state index contributed by atoms with van der Waals surface area (Å²) in [6.07, 6.45) is 2.51. The Balaban J connectivity index is 1.87. The van der Waals surface area contributed by atoms with Crippen LogP contribution in [0.5, 0.6) is 0 Å². The second kappa shape index (κ2) is 4.80. The lowest BCUT2D eigenvalue weighted by Gasteiger charge is -2.42. The van der Waals surface area contributed by atoms with Crippen molar-refractivity contribution in [2.24, 2.45) is 0 Å². The van der Waals surface area contributed by atoms with E-state index in [1.165, 1.54) is 6.42 Å². The molecule has 1 aliphatic heterocycles. The van der Waals surface area contributed by atoms with Crippen molar-refractivity contribution in [3.63, 3.8) is 0 Å². The van der Waals surface area contributed by atoms with Crippen molar-refractivity contribution in [1.29, 1.82) is 0 Å². The van der Waals surface area contributed by atoms with Gasteiger partial charge in [-0.1, -0.05) is 0 Å². The average molecular weight is 251 g/mol. The summed E-state index contributed by atoms with van der Waals surface area (Å²) in [7, 11) is 0. The number of ether oxygens (including phenoxy) is 1. The molecule has 0 aromatic carbocycles. The Labute approximate surface area is 106 Å². The normalized spacial score (nSPS) is 28.1. The van der Waals surface area contributed by atoms with Crippen molar-refractivity contribution in [1.82, 2.24) is 10.2 Å². The molecule has 5 heteroatoms. The molecule has 3 rings (SSSR count). The molecule has 2 fully saturated rings. The fourth-order valence-electron chi connectivity index (χ4n) is 2.59. The summed E-state index contributed by atoms with van der Waals surface area (Å²) in [6, 6.07) is 4.06. The van der Waals surface area contributed by atoms with E-state index in [2.05, 4.69) is 15.1 Å². The van der Waals surface area contributed by atoms with E-state index in [4.69, 9.17) is 4.74 Å². The summed E-state index contributed by atoms with van der Waals surface area (Å²) in [5.74, 6) is 0.781. The Bertz CT molecular complexity index is 407. The van der Waals surface area contributed by atoms with Crippen LogP contribution in [-0.2, 0) is 4.74 Å². The molecule has 1 aromatic heterocycles. The third-order valence-corrected chi connectivity index (χ3v) is 3.86. The van der Waals surface area contributed by atoms with Gasteiger partial charge in [-0.25, -0.2) is 4.39 Å². The number of anilines is 1. The molecular formula is C13H18FN3O. The van der Waals surface area contributed by atoms with Crippen LogP contribution in [0.1, 0.15) is 25.0 Å². The summed E-state index contributed by atoms with van der Waals surface area (Å²) < 4.78 is 19.2. The van der Waals surface area contributed by atoms with E-state index in [0.29, 0.717) is 12.6 Å². The number of alkyl halides is 1. The lowest BCUT2D eigenvalue weighted by atomic mass is 9.90. The minimum atomic E-state index is -0.922. The Morgan fingerprint density at radius 1 is 1.28 bits per heavy atom. The van der Waals surface area contributed by atoms with E-state index >= 15 is 0 Å². The molecule has 2 aliphatic rings. The van der Waals surface area contributed by atoms with Crippen LogP contribution in [0.4, 0.5) is 10.2 Å². The van der Waals surface area contributed by atoms with E-state index in [1.807, 2.05) is 19.1 Å². The zero-order valence-corrected chi connectivity index (χ0v) is 10.6. The topological polar surface area (TPSA) is 38.2 Å². The number of halogens is 1. The molecule has 1 aliphatic carbocycles. The van der Waals surface area contributed by atoms with Gasteiger partial charge in [-0.3, -0.25) is 0 Å². The van der Waals surface area contributed by atoms with Crippen LogP contribution < -0.4 is 4.90 Å². The molecule has 0 radical (unpaired) electrons. The molecule has 1 saturated carbocycles. The van der Waals surface area contributed by atoms with Crippen molar-refractivity contribution in [3.8, 4) is 0 Å². The molecule has 18 heavy (non-hydrogen) atoms. The second-order valence-corrected chi connectivity index (χ2v) is 5.15. The SMILES string of the molecule is Cc1ccc(N(C2CCC2)C2COCC2F)nn1. The molecule has 2 unspecified atom stereocenters. The molecule has 98 valence electrons. The van der Waals surface area contributed by atoms with Gasteiger partial charge in [0, 0.05) is 6.04 Å². The van der Waals surface area contributed by atoms with Gasteiger partial charge in [0.05, 0.1) is 24.9 Å². The van der Waals surface area contributed by atoms with Crippen molar-refractivity contribution in [2.75, 3.05) is 18.1 Å². The van der Waals surface area contributed by atoms with Crippen molar-refractivity contribution < 1.29 is 9.13 Å². The predicted octanol–water partition coefficient (Wildman–Crippen LogP) is 1.88. The summed E-state index contributed by atoms with van der Waals surface area (Å²) in [5.41, 5.74) is 0.881.